The Labute approximate surface area is 172 Å². The zero-order valence-corrected chi connectivity index (χ0v) is 16.6. The van der Waals surface area contributed by atoms with E-state index in [1.54, 1.807) is 49.6 Å². The van der Waals surface area contributed by atoms with Gasteiger partial charge in [0.1, 0.15) is 17.0 Å². The zero-order valence-electron chi connectivity index (χ0n) is 16.6. The van der Waals surface area contributed by atoms with Gasteiger partial charge in [0, 0.05) is 29.6 Å². The van der Waals surface area contributed by atoms with E-state index < -0.39 is 0 Å². The summed E-state index contributed by atoms with van der Waals surface area (Å²) in [4.78, 5) is 22.0. The van der Waals surface area contributed by atoms with Crippen LogP contribution in [0.3, 0.4) is 0 Å². The highest BCUT2D eigenvalue weighted by atomic mass is 16.5. The van der Waals surface area contributed by atoms with Gasteiger partial charge in [-0.15, -0.1) is 0 Å². The molecule has 0 radical (unpaired) electrons. The minimum atomic E-state index is -0.177. The van der Waals surface area contributed by atoms with Crippen molar-refractivity contribution in [2.45, 2.75) is 13.1 Å². The summed E-state index contributed by atoms with van der Waals surface area (Å²) in [5.41, 5.74) is 2.47. The number of hydrogen-bond donors (Lipinski definition) is 1. The number of pyridine rings is 1. The van der Waals surface area contributed by atoms with Gasteiger partial charge in [0.05, 0.1) is 57.5 Å². The van der Waals surface area contributed by atoms with Gasteiger partial charge in [-0.1, -0.05) is 0 Å². The molecule has 4 aromatic rings. The number of hydrogen-bond acceptors (Lipinski definition) is 7. The lowest BCUT2D eigenvalue weighted by atomic mass is 10.1. The van der Waals surface area contributed by atoms with Crippen molar-refractivity contribution in [3.63, 3.8) is 0 Å². The number of fused-ring (bicyclic) bond motifs is 1. The van der Waals surface area contributed by atoms with Gasteiger partial charge in [0.2, 0.25) is 0 Å². The van der Waals surface area contributed by atoms with E-state index in [1.807, 2.05) is 12.1 Å². The third-order valence-corrected chi connectivity index (χ3v) is 4.81. The molecule has 1 N–H and O–H groups in total. The van der Waals surface area contributed by atoms with Crippen LogP contribution in [0.1, 0.15) is 5.56 Å². The molecule has 0 unspecified atom stereocenters. The number of benzene rings is 1. The van der Waals surface area contributed by atoms with E-state index in [0.717, 1.165) is 11.1 Å². The molecule has 9 nitrogen and oxygen atoms in total. The summed E-state index contributed by atoms with van der Waals surface area (Å²) in [5, 5.41) is 13.7. The molecule has 3 heterocycles. The molecule has 0 atom stereocenters. The number of aromatic nitrogens is 5. The molecule has 0 saturated carbocycles. The largest absolute Gasteiger partial charge is 0.497 e. The van der Waals surface area contributed by atoms with E-state index >= 15 is 0 Å². The van der Waals surface area contributed by atoms with E-state index in [-0.39, 0.29) is 12.2 Å². The van der Waals surface area contributed by atoms with Crippen molar-refractivity contribution >= 4 is 10.9 Å². The Morgan fingerprint density at radius 1 is 1.13 bits per heavy atom. The van der Waals surface area contributed by atoms with Gasteiger partial charge < -0.3 is 14.6 Å². The highest BCUT2D eigenvalue weighted by molar-refractivity contribution is 5.90. The Bertz CT molecular complexity index is 1250. The number of rotatable bonds is 7. The van der Waals surface area contributed by atoms with Crippen molar-refractivity contribution in [3.05, 3.63) is 65.1 Å². The van der Waals surface area contributed by atoms with Crippen LogP contribution >= 0.6 is 0 Å². The van der Waals surface area contributed by atoms with Crippen molar-refractivity contribution < 1.29 is 14.6 Å². The van der Waals surface area contributed by atoms with Crippen molar-refractivity contribution in [1.82, 2.24) is 24.3 Å². The maximum Gasteiger partial charge on any atom is 0.261 e. The van der Waals surface area contributed by atoms with Crippen LogP contribution in [-0.4, -0.2) is 50.2 Å². The van der Waals surface area contributed by atoms with Crippen LogP contribution in [0, 0.1) is 0 Å². The van der Waals surface area contributed by atoms with Crippen molar-refractivity contribution in [2.75, 3.05) is 20.8 Å². The molecular weight excluding hydrogens is 386 g/mol. The quantitative estimate of drug-likeness (QED) is 0.497. The van der Waals surface area contributed by atoms with Crippen LogP contribution in [0.15, 0.2) is 54.0 Å². The van der Waals surface area contributed by atoms with E-state index in [4.69, 9.17) is 14.6 Å². The van der Waals surface area contributed by atoms with E-state index in [1.165, 1.54) is 10.9 Å². The molecule has 0 spiro atoms. The Kier molecular flexibility index (Phi) is 5.44. The Hall–Kier alpha value is -3.72. The van der Waals surface area contributed by atoms with Crippen LogP contribution in [-0.2, 0) is 13.1 Å². The van der Waals surface area contributed by atoms with Crippen molar-refractivity contribution in [3.8, 4) is 22.8 Å². The monoisotopic (exact) mass is 407 g/mol. The highest BCUT2D eigenvalue weighted by Crippen LogP contribution is 2.26. The molecule has 3 aromatic heterocycles. The minimum Gasteiger partial charge on any atom is -0.497 e. The minimum absolute atomic E-state index is 0.0120. The number of aliphatic hydroxyl groups excluding tert-OH is 1. The van der Waals surface area contributed by atoms with Gasteiger partial charge in [-0.3, -0.25) is 19.0 Å². The first kappa shape index (κ1) is 19.6. The summed E-state index contributed by atoms with van der Waals surface area (Å²) >= 11 is 0. The predicted molar refractivity (Wildman–Crippen MR) is 111 cm³/mol. The van der Waals surface area contributed by atoms with Gasteiger partial charge in [-0.25, -0.2) is 4.98 Å². The van der Waals surface area contributed by atoms with Gasteiger partial charge in [-0.05, 0) is 18.2 Å². The second-order valence-electron chi connectivity index (χ2n) is 6.63. The normalized spacial score (nSPS) is 11.0. The van der Waals surface area contributed by atoms with Crippen LogP contribution in [0.25, 0.3) is 22.2 Å². The van der Waals surface area contributed by atoms with Crippen LogP contribution in [0.2, 0.25) is 0 Å². The third kappa shape index (κ3) is 3.62. The second kappa shape index (κ2) is 8.34. The summed E-state index contributed by atoms with van der Waals surface area (Å²) in [6.07, 6.45) is 6.51. The lowest BCUT2D eigenvalue weighted by molar-refractivity contribution is 0.269. The number of ether oxygens (including phenoxy) is 2. The third-order valence-electron chi connectivity index (χ3n) is 4.81. The summed E-state index contributed by atoms with van der Waals surface area (Å²) in [6, 6.07) is 7.13. The number of methoxy groups -OCH3 is 2. The lowest BCUT2D eigenvalue weighted by Crippen LogP contribution is -2.21. The zero-order chi connectivity index (χ0) is 21.1. The molecular formula is C21H21N5O4. The molecule has 0 saturated heterocycles. The molecule has 1 aromatic carbocycles. The van der Waals surface area contributed by atoms with Crippen molar-refractivity contribution in [1.29, 1.82) is 0 Å². The molecule has 0 amide bonds. The number of nitrogens with zero attached hydrogens (tertiary/aromatic N) is 5. The summed E-state index contributed by atoms with van der Waals surface area (Å²) in [5.74, 6) is 1.31. The molecule has 154 valence electrons. The first-order valence-corrected chi connectivity index (χ1v) is 9.33. The molecule has 9 heteroatoms. The average molecular weight is 407 g/mol. The van der Waals surface area contributed by atoms with E-state index in [0.29, 0.717) is 41.2 Å². The van der Waals surface area contributed by atoms with E-state index in [2.05, 4.69) is 15.1 Å². The topological polar surface area (TPSA) is 104 Å². The molecule has 0 fully saturated rings. The Balaban J connectivity index is 1.74. The average Bonchev–Trinajstić information content (AvgIpc) is 3.24. The van der Waals surface area contributed by atoms with Gasteiger partial charge in [0.15, 0.2) is 0 Å². The maximum atomic E-state index is 13.1. The second-order valence-corrected chi connectivity index (χ2v) is 6.63. The molecule has 0 aliphatic carbocycles. The summed E-state index contributed by atoms with van der Waals surface area (Å²) in [6.45, 7) is 0.678. The van der Waals surface area contributed by atoms with Gasteiger partial charge >= 0.3 is 0 Å². The first-order chi connectivity index (χ1) is 14.6. The molecule has 0 aliphatic rings. The summed E-state index contributed by atoms with van der Waals surface area (Å²) < 4.78 is 13.8. The van der Waals surface area contributed by atoms with Crippen LogP contribution < -0.4 is 15.0 Å². The smallest absolute Gasteiger partial charge is 0.261 e. The fraction of sp³-hybridized carbons (Fsp3) is 0.238. The molecule has 30 heavy (non-hydrogen) atoms. The fourth-order valence-corrected chi connectivity index (χ4v) is 3.29. The van der Waals surface area contributed by atoms with Gasteiger partial charge in [0.25, 0.3) is 5.56 Å². The predicted octanol–water partition coefficient (Wildman–Crippen LogP) is 1.71. The van der Waals surface area contributed by atoms with Crippen LogP contribution in [0.4, 0.5) is 0 Å². The first-order valence-electron chi connectivity index (χ1n) is 9.33. The highest BCUT2D eigenvalue weighted by Gasteiger charge is 2.14. The van der Waals surface area contributed by atoms with Crippen LogP contribution in [0.5, 0.6) is 11.5 Å². The Morgan fingerprint density at radius 2 is 2.00 bits per heavy atom. The fourth-order valence-electron chi connectivity index (χ4n) is 3.29. The molecule has 0 bridgehead atoms. The van der Waals surface area contributed by atoms with Crippen molar-refractivity contribution in [2.24, 2.45) is 0 Å². The Morgan fingerprint density at radius 3 is 2.77 bits per heavy atom. The lowest BCUT2D eigenvalue weighted by Gasteiger charge is -2.12. The standard InChI is InChI=1S/C21H21N5O4/c1-29-16-4-3-14(18(9-16)30-2)11-25-13-23-20-17(21(25)28)5-6-22-19(20)15-10-24-26(12-15)7-8-27/h3-6,9-10,12-13,27H,7-8,11H2,1-2H3. The SMILES string of the molecule is COc1ccc(Cn2cnc3c(-c4cnn(CCO)c4)nccc3c2=O)c(OC)c1. The summed E-state index contributed by atoms with van der Waals surface area (Å²) in [7, 11) is 3.17. The molecule has 0 aliphatic heterocycles. The molecule has 4 rings (SSSR count). The van der Waals surface area contributed by atoms with Gasteiger partial charge in [-0.2, -0.15) is 5.10 Å². The maximum absolute atomic E-state index is 13.1. The van der Waals surface area contributed by atoms with E-state index in [9.17, 15) is 4.79 Å². The number of aliphatic hydroxyl groups is 1.